The molecule has 0 spiro atoms. The van der Waals surface area contributed by atoms with Gasteiger partial charge in [-0.2, -0.15) is 0 Å². The molecule has 0 saturated heterocycles. The molecule has 10 heteroatoms. The fraction of sp³-hybridized carbons (Fsp3) is 0.286. The first-order valence-corrected chi connectivity index (χ1v) is 9.47. The van der Waals surface area contributed by atoms with Gasteiger partial charge in [-0.3, -0.25) is 20.0 Å². The molecule has 0 radical (unpaired) electrons. The Hall–Kier alpha value is -3.79. The number of imide groups is 1. The molecule has 0 aliphatic carbocycles. The van der Waals surface area contributed by atoms with Crippen LogP contribution in [-0.2, 0) is 9.53 Å². The predicted molar refractivity (Wildman–Crippen MR) is 113 cm³/mol. The van der Waals surface area contributed by atoms with E-state index in [2.05, 4.69) is 25.6 Å². The minimum atomic E-state index is -1.13. The number of hydrogen-bond acceptors (Lipinski definition) is 7. The van der Waals surface area contributed by atoms with Crippen molar-refractivity contribution in [3.8, 4) is 17.3 Å². The van der Waals surface area contributed by atoms with E-state index in [0.717, 1.165) is 11.3 Å². The van der Waals surface area contributed by atoms with Crippen LogP contribution in [0.1, 0.15) is 25.1 Å². The van der Waals surface area contributed by atoms with E-state index in [9.17, 15) is 9.59 Å². The number of carbonyl (C=O) groups excluding carboxylic acids is 2. The first kappa shape index (κ1) is 21.9. The van der Waals surface area contributed by atoms with Crippen LogP contribution in [0.2, 0.25) is 0 Å². The van der Waals surface area contributed by atoms with E-state index >= 15 is 0 Å². The lowest BCUT2D eigenvalue weighted by Gasteiger charge is -2.21. The molecule has 0 fully saturated rings. The second-order valence-corrected chi connectivity index (χ2v) is 7.33. The van der Waals surface area contributed by atoms with Crippen molar-refractivity contribution in [2.45, 2.75) is 33.3 Å². The van der Waals surface area contributed by atoms with Crippen molar-refractivity contribution in [3.63, 3.8) is 0 Å². The molecular weight excluding hydrogens is 400 g/mol. The Morgan fingerprint density at radius 2 is 1.90 bits per heavy atom. The molecule has 0 aromatic carbocycles. The number of amides is 3. The molecule has 3 rings (SSSR count). The summed E-state index contributed by atoms with van der Waals surface area (Å²) in [6.45, 7) is 6.84. The highest BCUT2D eigenvalue weighted by Crippen LogP contribution is 2.26. The maximum absolute atomic E-state index is 12.1. The monoisotopic (exact) mass is 424 g/mol. The van der Waals surface area contributed by atoms with Gasteiger partial charge in [-0.25, -0.2) is 19.7 Å². The van der Waals surface area contributed by atoms with Crippen LogP contribution in [0.3, 0.4) is 0 Å². The van der Waals surface area contributed by atoms with Gasteiger partial charge in [0.1, 0.15) is 35.1 Å². The van der Waals surface area contributed by atoms with Gasteiger partial charge in [-0.05, 0) is 45.4 Å². The topological polar surface area (TPSA) is 120 Å². The Bertz CT molecular complexity index is 1110. The number of aryl methyl sites for hydroxylation is 2. The number of imidazole rings is 1. The molecule has 31 heavy (non-hydrogen) atoms. The number of rotatable bonds is 6. The molecule has 0 atom stereocenters. The number of urea groups is 1. The van der Waals surface area contributed by atoms with Gasteiger partial charge in [-0.15, -0.1) is 0 Å². The molecule has 3 amide bonds. The van der Waals surface area contributed by atoms with Gasteiger partial charge in [0.15, 0.2) is 0 Å². The number of anilines is 1. The molecule has 2 N–H and O–H groups in total. The normalized spacial score (nSPS) is 11.1. The summed E-state index contributed by atoms with van der Waals surface area (Å²) in [5.74, 6) is 1.47. The fourth-order valence-electron chi connectivity index (χ4n) is 2.49. The minimum Gasteiger partial charge on any atom is -0.455 e. The van der Waals surface area contributed by atoms with E-state index < -0.39 is 17.5 Å². The third-order valence-corrected chi connectivity index (χ3v) is 4.51. The lowest BCUT2D eigenvalue weighted by Crippen LogP contribution is -2.47. The largest absolute Gasteiger partial charge is 0.455 e. The van der Waals surface area contributed by atoms with Crippen LogP contribution in [0.5, 0.6) is 11.5 Å². The maximum Gasteiger partial charge on any atom is 0.327 e. The zero-order chi connectivity index (χ0) is 22.6. The summed E-state index contributed by atoms with van der Waals surface area (Å²) in [5.41, 5.74) is 0.496. The van der Waals surface area contributed by atoms with Gasteiger partial charge in [0.25, 0.3) is 5.91 Å². The minimum absolute atomic E-state index is 0.273. The number of nitrogens with zero attached hydrogens (tertiary/aromatic N) is 4. The van der Waals surface area contributed by atoms with Crippen molar-refractivity contribution >= 4 is 17.8 Å². The molecule has 3 heterocycles. The van der Waals surface area contributed by atoms with Crippen LogP contribution < -0.4 is 15.4 Å². The Morgan fingerprint density at radius 1 is 1.13 bits per heavy atom. The molecule has 0 saturated carbocycles. The number of carbonyl (C=O) groups is 2. The summed E-state index contributed by atoms with van der Waals surface area (Å²) in [7, 11) is 1.39. The molecule has 0 aliphatic heterocycles. The van der Waals surface area contributed by atoms with E-state index in [-0.39, 0.29) is 5.82 Å². The first-order valence-electron chi connectivity index (χ1n) is 9.47. The van der Waals surface area contributed by atoms with Gasteiger partial charge in [0, 0.05) is 25.6 Å². The third kappa shape index (κ3) is 5.43. The Balaban J connectivity index is 1.67. The van der Waals surface area contributed by atoms with Crippen LogP contribution in [0.25, 0.3) is 5.82 Å². The second-order valence-electron chi connectivity index (χ2n) is 7.33. The van der Waals surface area contributed by atoms with Crippen molar-refractivity contribution in [3.05, 3.63) is 54.4 Å². The highest BCUT2D eigenvalue weighted by molar-refractivity contribution is 6.03. The maximum atomic E-state index is 12.1. The number of pyridine rings is 2. The SMILES string of the molecule is COC(C)(C)C(=O)NC(=O)Nc1cc(C)c(Oc2ccnc(-n3cnc(C)c3)c2)cn1. The molecule has 10 nitrogen and oxygen atoms in total. The molecule has 0 unspecified atom stereocenters. The van der Waals surface area contributed by atoms with Crippen LogP contribution in [0.15, 0.2) is 43.1 Å². The zero-order valence-corrected chi connectivity index (χ0v) is 18.0. The molecule has 162 valence electrons. The number of ether oxygens (including phenoxy) is 2. The number of aromatic nitrogens is 4. The third-order valence-electron chi connectivity index (χ3n) is 4.51. The van der Waals surface area contributed by atoms with Crippen molar-refractivity contribution in [1.29, 1.82) is 0 Å². The highest BCUT2D eigenvalue weighted by Gasteiger charge is 2.28. The van der Waals surface area contributed by atoms with Gasteiger partial charge in [0.2, 0.25) is 0 Å². The summed E-state index contributed by atoms with van der Waals surface area (Å²) < 4.78 is 12.8. The molecule has 3 aromatic heterocycles. The van der Waals surface area contributed by atoms with Gasteiger partial charge in [-0.1, -0.05) is 0 Å². The Morgan fingerprint density at radius 3 is 2.55 bits per heavy atom. The van der Waals surface area contributed by atoms with Crippen molar-refractivity contribution in [1.82, 2.24) is 24.8 Å². The summed E-state index contributed by atoms with van der Waals surface area (Å²) in [6.07, 6.45) is 6.68. The van der Waals surface area contributed by atoms with E-state index in [1.165, 1.54) is 13.3 Å². The summed E-state index contributed by atoms with van der Waals surface area (Å²) in [6, 6.07) is 4.45. The van der Waals surface area contributed by atoms with Crippen molar-refractivity contribution in [2.24, 2.45) is 0 Å². The van der Waals surface area contributed by atoms with E-state index in [4.69, 9.17) is 9.47 Å². The van der Waals surface area contributed by atoms with Gasteiger partial charge >= 0.3 is 6.03 Å². The molecule has 0 bridgehead atoms. The van der Waals surface area contributed by atoms with Crippen LogP contribution in [-0.4, -0.2) is 44.2 Å². The average molecular weight is 424 g/mol. The molecular formula is C21H24N6O4. The fourth-order valence-corrected chi connectivity index (χ4v) is 2.49. The molecule has 3 aromatic rings. The average Bonchev–Trinajstić information content (AvgIpc) is 3.16. The number of nitrogens with one attached hydrogen (secondary N) is 2. The summed E-state index contributed by atoms with van der Waals surface area (Å²) in [4.78, 5) is 36.8. The first-order chi connectivity index (χ1) is 14.7. The lowest BCUT2D eigenvalue weighted by atomic mass is 10.1. The van der Waals surface area contributed by atoms with Crippen molar-refractivity contribution < 1.29 is 19.1 Å². The van der Waals surface area contributed by atoms with E-state index in [1.54, 1.807) is 49.1 Å². The Kier molecular flexibility index (Phi) is 6.30. The quantitative estimate of drug-likeness (QED) is 0.624. The second kappa shape index (κ2) is 8.92. The highest BCUT2D eigenvalue weighted by atomic mass is 16.5. The zero-order valence-electron chi connectivity index (χ0n) is 18.0. The number of hydrogen-bond donors (Lipinski definition) is 2. The smallest absolute Gasteiger partial charge is 0.327 e. The van der Waals surface area contributed by atoms with Gasteiger partial charge < -0.3 is 9.47 Å². The standard InChI is InChI=1S/C21H24N6O4/c1-13-8-17(25-20(29)26-19(28)21(3,4)30-5)23-10-16(13)31-15-6-7-22-18(9-15)27-11-14(2)24-12-27/h6-12H,1-5H3,(H2,23,25,26,28,29). The number of methoxy groups -OCH3 is 1. The van der Waals surface area contributed by atoms with Crippen molar-refractivity contribution in [2.75, 3.05) is 12.4 Å². The van der Waals surface area contributed by atoms with E-state index in [1.807, 2.05) is 20.0 Å². The summed E-state index contributed by atoms with van der Waals surface area (Å²) in [5, 5.41) is 4.74. The van der Waals surface area contributed by atoms with E-state index in [0.29, 0.717) is 17.3 Å². The van der Waals surface area contributed by atoms with Crippen LogP contribution in [0, 0.1) is 13.8 Å². The predicted octanol–water partition coefficient (Wildman–Crippen LogP) is 3.14. The van der Waals surface area contributed by atoms with Crippen LogP contribution in [0.4, 0.5) is 10.6 Å². The van der Waals surface area contributed by atoms with Gasteiger partial charge in [0.05, 0.1) is 11.9 Å². The lowest BCUT2D eigenvalue weighted by molar-refractivity contribution is -0.138. The van der Waals surface area contributed by atoms with Crippen LogP contribution >= 0.6 is 0 Å². The molecule has 0 aliphatic rings. The summed E-state index contributed by atoms with van der Waals surface area (Å²) >= 11 is 0. The Labute approximate surface area is 179 Å².